The van der Waals surface area contributed by atoms with Crippen LogP contribution in [0.5, 0.6) is 0 Å². The molecule has 0 aromatic heterocycles. The van der Waals surface area contributed by atoms with Gasteiger partial charge in [-0.3, -0.25) is 0 Å². The van der Waals surface area contributed by atoms with Gasteiger partial charge in [-0.2, -0.15) is 0 Å². The van der Waals surface area contributed by atoms with E-state index in [9.17, 15) is 5.11 Å². The van der Waals surface area contributed by atoms with Crippen molar-refractivity contribution in [3.05, 3.63) is 30.3 Å². The molecule has 100 valence electrons. The lowest BCUT2D eigenvalue weighted by atomic mass is 10.2. The van der Waals surface area contributed by atoms with Crippen molar-refractivity contribution in [2.45, 2.75) is 18.9 Å². The van der Waals surface area contributed by atoms with E-state index in [0.717, 1.165) is 19.6 Å². The van der Waals surface area contributed by atoms with Crippen LogP contribution in [-0.4, -0.2) is 49.8 Å². The van der Waals surface area contributed by atoms with Gasteiger partial charge in [-0.1, -0.05) is 18.2 Å². The molecule has 0 aliphatic heterocycles. The lowest BCUT2D eigenvalue weighted by Crippen LogP contribution is -2.36. The zero-order valence-corrected chi connectivity index (χ0v) is 11.4. The van der Waals surface area contributed by atoms with Crippen LogP contribution in [0.2, 0.25) is 0 Å². The van der Waals surface area contributed by atoms with Crippen molar-refractivity contribution in [2.75, 3.05) is 38.6 Å². The molecule has 0 saturated heterocycles. The summed E-state index contributed by atoms with van der Waals surface area (Å²) in [6.07, 6.45) is 2.29. The number of aliphatic hydroxyl groups excluding tert-OH is 1. The van der Waals surface area contributed by atoms with Gasteiger partial charge < -0.3 is 14.9 Å². The summed E-state index contributed by atoms with van der Waals surface area (Å²) in [6, 6.07) is 10.4. The van der Waals surface area contributed by atoms with Gasteiger partial charge in [0.2, 0.25) is 0 Å². The molecule has 1 atom stereocenters. The van der Waals surface area contributed by atoms with Gasteiger partial charge in [-0.25, -0.2) is 0 Å². The quantitative estimate of drug-likeness (QED) is 0.797. The van der Waals surface area contributed by atoms with Crippen molar-refractivity contribution in [3.63, 3.8) is 0 Å². The lowest BCUT2D eigenvalue weighted by molar-refractivity contribution is 0.108. The average Bonchev–Trinajstić information content (AvgIpc) is 3.21. The molecule has 1 fully saturated rings. The molecular weight excluding hydrogens is 224 g/mol. The minimum absolute atomic E-state index is 0.128. The molecule has 1 aliphatic carbocycles. The normalized spacial score (nSPS) is 16.9. The number of rotatable bonds is 7. The van der Waals surface area contributed by atoms with Crippen LogP contribution in [0.15, 0.2) is 30.3 Å². The molecule has 3 heteroatoms. The topological polar surface area (TPSA) is 26.7 Å². The minimum atomic E-state index is -0.128. The van der Waals surface area contributed by atoms with Gasteiger partial charge in [0.1, 0.15) is 0 Å². The Morgan fingerprint density at radius 2 is 1.83 bits per heavy atom. The summed E-state index contributed by atoms with van der Waals surface area (Å²) in [5.74, 6) is 0.569. The third-order valence-electron chi connectivity index (χ3n) is 3.68. The van der Waals surface area contributed by atoms with E-state index in [1.807, 2.05) is 6.07 Å². The molecule has 1 saturated carbocycles. The summed E-state index contributed by atoms with van der Waals surface area (Å²) in [4.78, 5) is 4.47. The van der Waals surface area contributed by atoms with E-state index in [1.165, 1.54) is 18.5 Å². The molecule has 2 rings (SSSR count). The Labute approximate surface area is 110 Å². The van der Waals surface area contributed by atoms with Gasteiger partial charge in [0, 0.05) is 32.4 Å². The fourth-order valence-corrected chi connectivity index (χ4v) is 2.17. The van der Waals surface area contributed by atoms with Crippen molar-refractivity contribution in [2.24, 2.45) is 5.92 Å². The first-order valence-corrected chi connectivity index (χ1v) is 6.79. The van der Waals surface area contributed by atoms with Crippen LogP contribution in [0.3, 0.4) is 0 Å². The third-order valence-corrected chi connectivity index (χ3v) is 3.68. The second kappa shape index (κ2) is 6.21. The van der Waals surface area contributed by atoms with Crippen LogP contribution in [0.25, 0.3) is 0 Å². The van der Waals surface area contributed by atoms with E-state index < -0.39 is 0 Å². The molecule has 0 radical (unpaired) electrons. The molecule has 0 amide bonds. The second-order valence-corrected chi connectivity index (χ2v) is 5.42. The molecule has 0 bridgehead atoms. The third kappa shape index (κ3) is 4.00. The van der Waals surface area contributed by atoms with E-state index in [0.29, 0.717) is 5.92 Å². The number of hydrogen-bond acceptors (Lipinski definition) is 3. The maximum Gasteiger partial charge on any atom is 0.0695 e. The van der Waals surface area contributed by atoms with E-state index in [-0.39, 0.29) is 6.10 Å². The minimum Gasteiger partial charge on any atom is -0.392 e. The SMILES string of the molecule is CN(CCN(C)c1ccccc1)CC(O)C1CC1. The maximum atomic E-state index is 9.89. The van der Waals surface area contributed by atoms with Crippen molar-refractivity contribution in [3.8, 4) is 0 Å². The predicted octanol–water partition coefficient (Wildman–Crippen LogP) is 1.83. The highest BCUT2D eigenvalue weighted by molar-refractivity contribution is 5.44. The Kier molecular flexibility index (Phi) is 4.61. The molecule has 1 aromatic rings. The fourth-order valence-electron chi connectivity index (χ4n) is 2.17. The van der Waals surface area contributed by atoms with Crippen molar-refractivity contribution >= 4 is 5.69 Å². The van der Waals surface area contributed by atoms with E-state index in [2.05, 4.69) is 48.2 Å². The molecular formula is C15H24N2O. The highest BCUT2D eigenvalue weighted by Crippen LogP contribution is 2.32. The zero-order valence-electron chi connectivity index (χ0n) is 11.4. The van der Waals surface area contributed by atoms with Gasteiger partial charge in [0.25, 0.3) is 0 Å². The van der Waals surface area contributed by atoms with Crippen LogP contribution in [0.1, 0.15) is 12.8 Å². The van der Waals surface area contributed by atoms with Gasteiger partial charge in [0.15, 0.2) is 0 Å². The maximum absolute atomic E-state index is 9.89. The zero-order chi connectivity index (χ0) is 13.0. The number of benzene rings is 1. The summed E-state index contributed by atoms with van der Waals surface area (Å²) in [6.45, 7) is 2.76. The van der Waals surface area contributed by atoms with Crippen LogP contribution >= 0.6 is 0 Å². The summed E-state index contributed by atoms with van der Waals surface area (Å²) >= 11 is 0. The van der Waals surface area contributed by atoms with Crippen molar-refractivity contribution in [1.82, 2.24) is 4.90 Å². The average molecular weight is 248 g/mol. The Hall–Kier alpha value is -1.06. The number of hydrogen-bond donors (Lipinski definition) is 1. The van der Waals surface area contributed by atoms with Gasteiger partial charge in [-0.05, 0) is 37.9 Å². The first-order chi connectivity index (χ1) is 8.66. The summed E-state index contributed by atoms with van der Waals surface area (Å²) in [5, 5.41) is 9.89. The Bertz CT molecular complexity index is 351. The van der Waals surface area contributed by atoms with E-state index in [4.69, 9.17) is 0 Å². The lowest BCUT2D eigenvalue weighted by Gasteiger charge is -2.25. The first kappa shape index (κ1) is 13.4. The largest absolute Gasteiger partial charge is 0.392 e. The predicted molar refractivity (Wildman–Crippen MR) is 75.9 cm³/mol. The molecule has 1 unspecified atom stereocenters. The summed E-state index contributed by atoms with van der Waals surface area (Å²) in [5.41, 5.74) is 1.24. The number of aliphatic hydroxyl groups is 1. The summed E-state index contributed by atoms with van der Waals surface area (Å²) in [7, 11) is 4.20. The molecule has 18 heavy (non-hydrogen) atoms. The van der Waals surface area contributed by atoms with Crippen LogP contribution in [0.4, 0.5) is 5.69 Å². The Morgan fingerprint density at radius 1 is 1.17 bits per heavy atom. The molecule has 0 heterocycles. The van der Waals surface area contributed by atoms with E-state index in [1.54, 1.807) is 0 Å². The smallest absolute Gasteiger partial charge is 0.0695 e. The molecule has 1 aromatic carbocycles. The van der Waals surface area contributed by atoms with Crippen LogP contribution < -0.4 is 4.90 Å². The standard InChI is InChI=1S/C15H24N2O/c1-16(12-15(18)13-8-9-13)10-11-17(2)14-6-4-3-5-7-14/h3-7,13,15,18H,8-12H2,1-2H3. The number of nitrogens with zero attached hydrogens (tertiary/aromatic N) is 2. The summed E-state index contributed by atoms with van der Waals surface area (Å²) < 4.78 is 0. The molecule has 0 spiro atoms. The van der Waals surface area contributed by atoms with Crippen molar-refractivity contribution in [1.29, 1.82) is 0 Å². The Balaban J connectivity index is 1.70. The molecule has 1 aliphatic rings. The second-order valence-electron chi connectivity index (χ2n) is 5.42. The molecule has 3 nitrogen and oxygen atoms in total. The van der Waals surface area contributed by atoms with Crippen LogP contribution in [-0.2, 0) is 0 Å². The van der Waals surface area contributed by atoms with Gasteiger partial charge in [0.05, 0.1) is 6.10 Å². The fraction of sp³-hybridized carbons (Fsp3) is 0.600. The highest BCUT2D eigenvalue weighted by Gasteiger charge is 2.30. The van der Waals surface area contributed by atoms with Gasteiger partial charge in [-0.15, -0.1) is 0 Å². The van der Waals surface area contributed by atoms with Crippen molar-refractivity contribution < 1.29 is 5.11 Å². The number of anilines is 1. The number of likely N-dealkylation sites (N-methyl/N-ethyl adjacent to an activating group) is 2. The Morgan fingerprint density at radius 3 is 2.44 bits per heavy atom. The number of para-hydroxylation sites is 1. The van der Waals surface area contributed by atoms with E-state index >= 15 is 0 Å². The highest BCUT2D eigenvalue weighted by atomic mass is 16.3. The van der Waals surface area contributed by atoms with Crippen LogP contribution in [0, 0.1) is 5.92 Å². The van der Waals surface area contributed by atoms with Gasteiger partial charge >= 0.3 is 0 Å². The monoisotopic (exact) mass is 248 g/mol. The molecule has 1 N–H and O–H groups in total. The first-order valence-electron chi connectivity index (χ1n) is 6.79.